The molecule has 1 amide bonds. The van der Waals surface area contributed by atoms with Crippen LogP contribution in [0.4, 0.5) is 14.5 Å². The lowest BCUT2D eigenvalue weighted by molar-refractivity contribution is -0.116. The van der Waals surface area contributed by atoms with Crippen LogP contribution in [0.2, 0.25) is 0 Å². The fourth-order valence-electron chi connectivity index (χ4n) is 1.75. The van der Waals surface area contributed by atoms with Crippen LogP contribution >= 0.6 is 15.9 Å². The number of hydrogen-bond donors (Lipinski definition) is 1. The van der Waals surface area contributed by atoms with E-state index in [1.807, 2.05) is 24.3 Å². The van der Waals surface area contributed by atoms with E-state index in [9.17, 15) is 13.6 Å². The van der Waals surface area contributed by atoms with Gasteiger partial charge in [-0.3, -0.25) is 4.79 Å². The van der Waals surface area contributed by atoms with Gasteiger partial charge < -0.3 is 5.32 Å². The Morgan fingerprint density at radius 2 is 1.95 bits per heavy atom. The summed E-state index contributed by atoms with van der Waals surface area (Å²) < 4.78 is 27.0. The lowest BCUT2D eigenvalue weighted by Crippen LogP contribution is -2.13. The van der Waals surface area contributed by atoms with Gasteiger partial charge in [0, 0.05) is 17.0 Å². The Hall–Kier alpha value is -1.75. The number of carbonyl (C=O) groups is 1. The van der Waals surface area contributed by atoms with Gasteiger partial charge in [-0.15, -0.1) is 0 Å². The molecule has 0 atom stereocenters. The van der Waals surface area contributed by atoms with Gasteiger partial charge in [0.2, 0.25) is 5.91 Å². The highest BCUT2D eigenvalue weighted by atomic mass is 79.9. The van der Waals surface area contributed by atoms with Crippen molar-refractivity contribution < 1.29 is 13.6 Å². The fraction of sp³-hybridized carbons (Fsp3) is 0.133. The minimum Gasteiger partial charge on any atom is -0.324 e. The third kappa shape index (κ3) is 4.13. The fourth-order valence-corrected chi connectivity index (χ4v) is 2.20. The molecule has 2 nitrogen and oxygen atoms in total. The van der Waals surface area contributed by atoms with E-state index in [0.29, 0.717) is 6.42 Å². The number of amides is 1. The van der Waals surface area contributed by atoms with Crippen LogP contribution in [0.15, 0.2) is 46.9 Å². The van der Waals surface area contributed by atoms with Crippen LogP contribution < -0.4 is 5.32 Å². The maximum Gasteiger partial charge on any atom is 0.224 e. The van der Waals surface area contributed by atoms with Gasteiger partial charge in [0.05, 0.1) is 5.69 Å². The standard InChI is InChI=1S/C15H12BrF2NO/c16-11-3-1-2-10(8-11)4-7-15(20)19-14-6-5-12(17)9-13(14)18/h1-3,5-6,8-9H,4,7H2,(H,19,20). The molecule has 1 N–H and O–H groups in total. The van der Waals surface area contributed by atoms with Gasteiger partial charge in [0.25, 0.3) is 0 Å². The molecule has 20 heavy (non-hydrogen) atoms. The van der Waals surface area contributed by atoms with E-state index in [2.05, 4.69) is 21.2 Å². The summed E-state index contributed by atoms with van der Waals surface area (Å²) in [6.45, 7) is 0. The maximum absolute atomic E-state index is 13.4. The molecule has 0 bridgehead atoms. The molecule has 0 heterocycles. The highest BCUT2D eigenvalue weighted by Gasteiger charge is 2.08. The second-order valence-corrected chi connectivity index (χ2v) is 5.22. The van der Waals surface area contributed by atoms with E-state index in [4.69, 9.17) is 0 Å². The van der Waals surface area contributed by atoms with Gasteiger partial charge in [0.15, 0.2) is 0 Å². The van der Waals surface area contributed by atoms with E-state index in [0.717, 1.165) is 22.2 Å². The summed E-state index contributed by atoms with van der Waals surface area (Å²) in [6, 6.07) is 10.7. The van der Waals surface area contributed by atoms with Crippen LogP contribution in [-0.4, -0.2) is 5.91 Å². The van der Waals surface area contributed by atoms with Crippen molar-refractivity contribution in [3.8, 4) is 0 Å². The van der Waals surface area contributed by atoms with Crippen molar-refractivity contribution in [3.05, 3.63) is 64.1 Å². The molecule has 0 aliphatic heterocycles. The predicted molar refractivity (Wildman–Crippen MR) is 77.5 cm³/mol. The zero-order valence-corrected chi connectivity index (χ0v) is 12.1. The predicted octanol–water partition coefficient (Wildman–Crippen LogP) is 4.30. The number of nitrogens with one attached hydrogen (secondary N) is 1. The molecule has 0 radical (unpaired) electrons. The van der Waals surface area contributed by atoms with Gasteiger partial charge in [-0.1, -0.05) is 28.1 Å². The second-order valence-electron chi connectivity index (χ2n) is 4.30. The molecule has 2 aromatic carbocycles. The number of rotatable bonds is 4. The highest BCUT2D eigenvalue weighted by Crippen LogP contribution is 2.16. The zero-order chi connectivity index (χ0) is 14.5. The molecule has 0 aliphatic carbocycles. The van der Waals surface area contributed by atoms with Crippen LogP contribution in [0.1, 0.15) is 12.0 Å². The number of aryl methyl sites for hydroxylation is 1. The Morgan fingerprint density at radius 1 is 1.15 bits per heavy atom. The Labute approximate surface area is 123 Å². The van der Waals surface area contributed by atoms with Gasteiger partial charge >= 0.3 is 0 Å². The smallest absolute Gasteiger partial charge is 0.224 e. The summed E-state index contributed by atoms with van der Waals surface area (Å²) in [5.41, 5.74) is 1.000. The van der Waals surface area contributed by atoms with Gasteiger partial charge in [-0.25, -0.2) is 8.78 Å². The highest BCUT2D eigenvalue weighted by molar-refractivity contribution is 9.10. The first-order chi connectivity index (χ1) is 9.54. The lowest BCUT2D eigenvalue weighted by Gasteiger charge is -2.06. The largest absolute Gasteiger partial charge is 0.324 e. The molecule has 0 fully saturated rings. The lowest BCUT2D eigenvalue weighted by atomic mass is 10.1. The van der Waals surface area contributed by atoms with E-state index in [1.165, 1.54) is 6.07 Å². The van der Waals surface area contributed by atoms with Crippen molar-refractivity contribution >= 4 is 27.5 Å². The molecule has 2 rings (SSSR count). The third-order valence-electron chi connectivity index (χ3n) is 2.73. The van der Waals surface area contributed by atoms with Crippen LogP contribution in [0, 0.1) is 11.6 Å². The van der Waals surface area contributed by atoms with Crippen LogP contribution in [0.25, 0.3) is 0 Å². The molecule has 0 saturated carbocycles. The topological polar surface area (TPSA) is 29.1 Å². The quantitative estimate of drug-likeness (QED) is 0.884. The molecule has 0 aromatic heterocycles. The van der Waals surface area contributed by atoms with Crippen molar-refractivity contribution in [1.29, 1.82) is 0 Å². The Bertz CT molecular complexity index is 631. The van der Waals surface area contributed by atoms with E-state index >= 15 is 0 Å². The molecule has 2 aromatic rings. The third-order valence-corrected chi connectivity index (χ3v) is 3.23. The summed E-state index contributed by atoms with van der Waals surface area (Å²) in [5, 5.41) is 2.43. The summed E-state index contributed by atoms with van der Waals surface area (Å²) >= 11 is 3.35. The molecule has 0 unspecified atom stereocenters. The maximum atomic E-state index is 13.4. The molecular formula is C15H12BrF2NO. The number of anilines is 1. The SMILES string of the molecule is O=C(CCc1cccc(Br)c1)Nc1ccc(F)cc1F. The van der Waals surface area contributed by atoms with Gasteiger partial charge in [0.1, 0.15) is 11.6 Å². The number of carbonyl (C=O) groups excluding carboxylic acids is 1. The van der Waals surface area contributed by atoms with Crippen LogP contribution in [0.3, 0.4) is 0 Å². The van der Waals surface area contributed by atoms with Crippen LogP contribution in [-0.2, 0) is 11.2 Å². The Balaban J connectivity index is 1.92. The van der Waals surface area contributed by atoms with E-state index in [-0.39, 0.29) is 18.0 Å². The Morgan fingerprint density at radius 3 is 2.65 bits per heavy atom. The molecule has 0 spiro atoms. The molecule has 104 valence electrons. The van der Waals surface area contributed by atoms with E-state index < -0.39 is 11.6 Å². The normalized spacial score (nSPS) is 10.3. The second kappa shape index (κ2) is 6.61. The average Bonchev–Trinajstić information content (AvgIpc) is 2.40. The summed E-state index contributed by atoms with van der Waals surface area (Å²) in [5.74, 6) is -1.76. The summed E-state index contributed by atoms with van der Waals surface area (Å²) in [7, 11) is 0. The molecule has 5 heteroatoms. The van der Waals surface area contributed by atoms with Crippen molar-refractivity contribution in [2.75, 3.05) is 5.32 Å². The first-order valence-electron chi connectivity index (χ1n) is 6.04. The Kier molecular flexibility index (Phi) is 4.84. The minimum absolute atomic E-state index is 0.00866. The van der Waals surface area contributed by atoms with Gasteiger partial charge in [-0.05, 0) is 36.2 Å². The summed E-state index contributed by atoms with van der Waals surface area (Å²) in [6.07, 6.45) is 0.779. The summed E-state index contributed by atoms with van der Waals surface area (Å²) in [4.78, 5) is 11.7. The number of benzene rings is 2. The van der Waals surface area contributed by atoms with Crippen molar-refractivity contribution in [2.24, 2.45) is 0 Å². The average molecular weight is 340 g/mol. The van der Waals surface area contributed by atoms with Crippen molar-refractivity contribution in [3.63, 3.8) is 0 Å². The molecule has 0 aliphatic rings. The van der Waals surface area contributed by atoms with Gasteiger partial charge in [-0.2, -0.15) is 0 Å². The minimum atomic E-state index is -0.777. The first-order valence-corrected chi connectivity index (χ1v) is 6.83. The number of hydrogen-bond acceptors (Lipinski definition) is 1. The molecular weight excluding hydrogens is 328 g/mol. The van der Waals surface area contributed by atoms with Crippen molar-refractivity contribution in [1.82, 2.24) is 0 Å². The monoisotopic (exact) mass is 339 g/mol. The van der Waals surface area contributed by atoms with Crippen molar-refractivity contribution in [2.45, 2.75) is 12.8 Å². The van der Waals surface area contributed by atoms with Crippen LogP contribution in [0.5, 0.6) is 0 Å². The number of halogens is 3. The first kappa shape index (κ1) is 14.7. The van der Waals surface area contributed by atoms with E-state index in [1.54, 1.807) is 0 Å². The zero-order valence-electron chi connectivity index (χ0n) is 10.5. The molecule has 0 saturated heterocycles.